The van der Waals surface area contributed by atoms with Crippen LogP contribution in [0.15, 0.2) is 66.7 Å². The van der Waals surface area contributed by atoms with Gasteiger partial charge in [0.1, 0.15) is 5.82 Å². The van der Waals surface area contributed by atoms with Crippen LogP contribution in [-0.2, 0) is 11.3 Å². The van der Waals surface area contributed by atoms with Crippen molar-refractivity contribution in [3.63, 3.8) is 0 Å². The smallest absolute Gasteiger partial charge is 0.223 e. The number of likely N-dealkylation sites (tertiary alicyclic amines) is 1. The number of fused-ring (bicyclic) bond motifs is 2. The third-order valence-electron chi connectivity index (χ3n) is 6.19. The number of hydrogen-bond acceptors (Lipinski definition) is 2. The van der Waals surface area contributed by atoms with Crippen molar-refractivity contribution in [1.82, 2.24) is 14.5 Å². The number of hydrogen-bond donors (Lipinski definition) is 0. The summed E-state index contributed by atoms with van der Waals surface area (Å²) >= 11 is 0. The van der Waals surface area contributed by atoms with Crippen LogP contribution in [0.1, 0.15) is 44.5 Å². The normalized spacial score (nSPS) is 16.8. The molecule has 5 heteroatoms. The summed E-state index contributed by atoms with van der Waals surface area (Å²) in [4.78, 5) is 19.8. The van der Waals surface area contributed by atoms with Gasteiger partial charge in [-0.15, -0.1) is 12.4 Å². The molecule has 160 valence electrons. The molecule has 1 aliphatic rings. The second-order valence-corrected chi connectivity index (χ2v) is 9.26. The van der Waals surface area contributed by atoms with E-state index >= 15 is 0 Å². The zero-order chi connectivity index (χ0) is 20.9. The highest BCUT2D eigenvalue weighted by atomic mass is 35.5. The van der Waals surface area contributed by atoms with Crippen LogP contribution < -0.4 is 0 Å². The number of imidazole rings is 1. The minimum atomic E-state index is -0.168. The molecule has 0 bridgehead atoms. The predicted octanol–water partition coefficient (Wildman–Crippen LogP) is 5.77. The first-order valence-corrected chi connectivity index (χ1v) is 10.6. The Hall–Kier alpha value is -2.85. The van der Waals surface area contributed by atoms with Gasteiger partial charge in [0.25, 0.3) is 0 Å². The van der Waals surface area contributed by atoms with Gasteiger partial charge in [-0.2, -0.15) is 0 Å². The number of nitrogens with zero attached hydrogens (tertiary/aromatic N) is 3. The molecule has 0 saturated carbocycles. The Balaban J connectivity index is 0.00000231. The van der Waals surface area contributed by atoms with Gasteiger partial charge >= 0.3 is 0 Å². The topological polar surface area (TPSA) is 38.1 Å². The summed E-state index contributed by atoms with van der Waals surface area (Å²) in [6, 6.07) is 23.3. The molecule has 4 nitrogen and oxygen atoms in total. The first-order chi connectivity index (χ1) is 14.4. The Morgan fingerprint density at radius 1 is 0.968 bits per heavy atom. The van der Waals surface area contributed by atoms with E-state index in [0.29, 0.717) is 6.42 Å². The minimum absolute atomic E-state index is 0. The van der Waals surface area contributed by atoms with E-state index in [9.17, 15) is 4.79 Å². The molecule has 31 heavy (non-hydrogen) atoms. The van der Waals surface area contributed by atoms with Crippen molar-refractivity contribution in [2.45, 2.75) is 45.2 Å². The monoisotopic (exact) mass is 433 g/mol. The van der Waals surface area contributed by atoms with Gasteiger partial charge in [0.15, 0.2) is 0 Å². The molecule has 1 unspecified atom stereocenters. The summed E-state index contributed by atoms with van der Waals surface area (Å²) in [5, 5.41) is 2.51. The number of amides is 1. The lowest BCUT2D eigenvalue weighted by Crippen LogP contribution is -2.42. The Bertz CT molecular complexity index is 1250. The van der Waals surface area contributed by atoms with E-state index in [-0.39, 0.29) is 29.8 Å². The lowest BCUT2D eigenvalue weighted by Gasteiger charge is -2.32. The molecular weight excluding hydrogens is 406 g/mol. The Kier molecular flexibility index (Phi) is 5.52. The van der Waals surface area contributed by atoms with Crippen molar-refractivity contribution in [1.29, 1.82) is 0 Å². The molecule has 2 heterocycles. The van der Waals surface area contributed by atoms with Gasteiger partial charge < -0.3 is 9.47 Å². The number of aromatic nitrogens is 2. The first kappa shape index (κ1) is 21.4. The fourth-order valence-electron chi connectivity index (χ4n) is 4.70. The van der Waals surface area contributed by atoms with Crippen molar-refractivity contribution in [3.8, 4) is 0 Å². The van der Waals surface area contributed by atoms with Crippen LogP contribution >= 0.6 is 12.4 Å². The van der Waals surface area contributed by atoms with E-state index in [1.807, 2.05) is 11.0 Å². The molecule has 1 saturated heterocycles. The average Bonchev–Trinajstić information content (AvgIpc) is 3.29. The highest BCUT2D eigenvalue weighted by molar-refractivity contribution is 5.86. The summed E-state index contributed by atoms with van der Waals surface area (Å²) < 4.78 is 2.32. The summed E-state index contributed by atoms with van der Waals surface area (Å²) in [7, 11) is 0. The zero-order valence-electron chi connectivity index (χ0n) is 18.2. The standard InChI is InChI=1S/C26H27N3O.ClH/c1-26(2,3)29-17-20(15-24(29)30)25-27-22-13-6-7-14-23(22)28(25)16-19-11-8-10-18-9-4-5-12-21(18)19;/h4-14,20H,15-17H2,1-3H3;1H. The molecule has 1 aliphatic heterocycles. The number of carbonyl (C=O) groups excluding carboxylic acids is 1. The summed E-state index contributed by atoms with van der Waals surface area (Å²) in [5.74, 6) is 1.35. The Morgan fingerprint density at radius 3 is 2.45 bits per heavy atom. The molecule has 0 spiro atoms. The van der Waals surface area contributed by atoms with Crippen LogP contribution in [0.4, 0.5) is 0 Å². The van der Waals surface area contributed by atoms with Crippen molar-refractivity contribution in [3.05, 3.63) is 78.1 Å². The van der Waals surface area contributed by atoms with E-state index < -0.39 is 0 Å². The fourth-order valence-corrected chi connectivity index (χ4v) is 4.70. The van der Waals surface area contributed by atoms with Gasteiger partial charge in [0.2, 0.25) is 5.91 Å². The van der Waals surface area contributed by atoms with E-state index in [0.717, 1.165) is 29.9 Å². The second kappa shape index (κ2) is 8.01. The van der Waals surface area contributed by atoms with Crippen LogP contribution in [0.25, 0.3) is 21.8 Å². The quantitative estimate of drug-likeness (QED) is 0.411. The van der Waals surface area contributed by atoms with Gasteiger partial charge in [0.05, 0.1) is 11.0 Å². The number of carbonyl (C=O) groups is 1. The maximum absolute atomic E-state index is 12.8. The highest BCUT2D eigenvalue weighted by Gasteiger charge is 2.39. The van der Waals surface area contributed by atoms with Crippen molar-refractivity contribution in [2.24, 2.45) is 0 Å². The Morgan fingerprint density at radius 2 is 1.68 bits per heavy atom. The van der Waals surface area contributed by atoms with Gasteiger partial charge in [0, 0.05) is 31.0 Å². The minimum Gasteiger partial charge on any atom is -0.337 e. The van der Waals surface area contributed by atoms with E-state index in [4.69, 9.17) is 4.98 Å². The van der Waals surface area contributed by atoms with Crippen molar-refractivity contribution in [2.75, 3.05) is 6.54 Å². The molecule has 3 aromatic carbocycles. The van der Waals surface area contributed by atoms with Crippen molar-refractivity contribution >= 4 is 40.1 Å². The summed E-state index contributed by atoms with van der Waals surface area (Å²) in [5.41, 5.74) is 3.23. The fraction of sp³-hybridized carbons (Fsp3) is 0.308. The molecule has 1 amide bonds. The van der Waals surface area contributed by atoms with Gasteiger partial charge in [-0.05, 0) is 49.2 Å². The van der Waals surface area contributed by atoms with Crippen LogP contribution in [0, 0.1) is 0 Å². The number of benzene rings is 3. The SMILES string of the molecule is CC(C)(C)N1CC(c2nc3ccccc3n2Cc2cccc3ccccc23)CC1=O.Cl. The Labute approximate surface area is 189 Å². The largest absolute Gasteiger partial charge is 0.337 e. The van der Waals surface area contributed by atoms with Gasteiger partial charge in [-0.3, -0.25) is 4.79 Å². The number of halogens is 1. The summed E-state index contributed by atoms with van der Waals surface area (Å²) in [6.45, 7) is 7.78. The third kappa shape index (κ3) is 3.81. The van der Waals surface area contributed by atoms with Crippen LogP contribution in [0.5, 0.6) is 0 Å². The van der Waals surface area contributed by atoms with Crippen LogP contribution in [-0.4, -0.2) is 32.4 Å². The third-order valence-corrected chi connectivity index (χ3v) is 6.19. The van der Waals surface area contributed by atoms with Gasteiger partial charge in [-0.1, -0.05) is 54.6 Å². The molecule has 0 N–H and O–H groups in total. The predicted molar refractivity (Wildman–Crippen MR) is 129 cm³/mol. The number of rotatable bonds is 3. The van der Waals surface area contributed by atoms with Crippen LogP contribution in [0.3, 0.4) is 0 Å². The van der Waals surface area contributed by atoms with E-state index in [1.165, 1.54) is 16.3 Å². The van der Waals surface area contributed by atoms with Gasteiger partial charge in [-0.25, -0.2) is 4.98 Å². The lowest BCUT2D eigenvalue weighted by molar-refractivity contribution is -0.131. The molecule has 4 aromatic rings. The molecule has 1 fully saturated rings. The van der Waals surface area contributed by atoms with E-state index in [1.54, 1.807) is 0 Å². The molecule has 5 rings (SSSR count). The zero-order valence-corrected chi connectivity index (χ0v) is 19.0. The molecule has 0 radical (unpaired) electrons. The lowest BCUT2D eigenvalue weighted by atomic mass is 10.0. The van der Waals surface area contributed by atoms with Crippen LogP contribution in [0.2, 0.25) is 0 Å². The number of para-hydroxylation sites is 2. The average molecular weight is 434 g/mol. The van der Waals surface area contributed by atoms with Crippen molar-refractivity contribution < 1.29 is 4.79 Å². The maximum Gasteiger partial charge on any atom is 0.223 e. The highest BCUT2D eigenvalue weighted by Crippen LogP contribution is 2.34. The molecule has 1 atom stereocenters. The molecule has 0 aliphatic carbocycles. The van der Waals surface area contributed by atoms with E-state index in [2.05, 4.69) is 86.0 Å². The molecule has 1 aromatic heterocycles. The first-order valence-electron chi connectivity index (χ1n) is 10.6. The summed E-state index contributed by atoms with van der Waals surface area (Å²) in [6.07, 6.45) is 0.524. The maximum atomic E-state index is 12.8. The second-order valence-electron chi connectivity index (χ2n) is 9.26. The molecular formula is C26H28ClN3O.